The Morgan fingerprint density at radius 3 is 2.17 bits per heavy atom. The second-order valence-corrected chi connectivity index (χ2v) is 10.3. The summed E-state index contributed by atoms with van der Waals surface area (Å²) in [5.41, 5.74) is 0.346. The van der Waals surface area contributed by atoms with E-state index in [1.54, 1.807) is 7.11 Å². The number of methoxy groups -OCH3 is 1. The maximum Gasteiger partial charge on any atom is 0.248 e. The van der Waals surface area contributed by atoms with E-state index in [9.17, 15) is 9.59 Å². The molecule has 0 aromatic carbocycles. The number of rotatable bonds is 9. The lowest BCUT2D eigenvalue weighted by atomic mass is 9.49. The molecule has 0 unspecified atom stereocenters. The van der Waals surface area contributed by atoms with Crippen molar-refractivity contribution in [2.75, 3.05) is 53.0 Å². The summed E-state index contributed by atoms with van der Waals surface area (Å²) >= 11 is 0. The molecule has 0 aromatic rings. The van der Waals surface area contributed by atoms with Gasteiger partial charge in [0.2, 0.25) is 11.8 Å². The molecule has 1 N–H and O–H groups in total. The van der Waals surface area contributed by atoms with E-state index in [2.05, 4.69) is 10.2 Å². The van der Waals surface area contributed by atoms with Gasteiger partial charge in [-0.2, -0.15) is 0 Å². The van der Waals surface area contributed by atoms with Crippen LogP contribution in [-0.2, 0) is 14.3 Å². The van der Waals surface area contributed by atoms with Crippen molar-refractivity contribution < 1.29 is 14.3 Å². The van der Waals surface area contributed by atoms with Crippen LogP contribution in [0.1, 0.15) is 57.8 Å². The van der Waals surface area contributed by atoms with Gasteiger partial charge in [0.25, 0.3) is 0 Å². The molecule has 1 saturated heterocycles. The number of nitrogens with zero attached hydrogens (tertiary/aromatic N) is 2. The summed E-state index contributed by atoms with van der Waals surface area (Å²) in [5, 5.41) is 3.21. The zero-order chi connectivity index (χ0) is 20.3. The molecular weight excluding hydrogens is 366 g/mol. The first kappa shape index (κ1) is 21.1. The van der Waals surface area contributed by atoms with Gasteiger partial charge >= 0.3 is 0 Å². The number of hydrogen-bond donors (Lipinski definition) is 1. The van der Waals surface area contributed by atoms with E-state index in [-0.39, 0.29) is 18.4 Å². The van der Waals surface area contributed by atoms with Crippen LogP contribution in [0.25, 0.3) is 0 Å². The van der Waals surface area contributed by atoms with Gasteiger partial charge in [-0.25, -0.2) is 0 Å². The zero-order valence-electron chi connectivity index (χ0n) is 18.2. The van der Waals surface area contributed by atoms with E-state index >= 15 is 0 Å². The highest BCUT2D eigenvalue weighted by atomic mass is 16.5. The summed E-state index contributed by atoms with van der Waals surface area (Å²) in [5.74, 6) is 3.13. The molecule has 0 atom stereocenters. The molecule has 4 saturated carbocycles. The van der Waals surface area contributed by atoms with Gasteiger partial charge in [0.15, 0.2) is 0 Å². The Labute approximate surface area is 175 Å². The Bertz CT molecular complexity index is 551. The Balaban J connectivity index is 1.08. The van der Waals surface area contributed by atoms with Crippen LogP contribution < -0.4 is 5.32 Å². The quantitative estimate of drug-likeness (QED) is 0.598. The first-order valence-corrected chi connectivity index (χ1v) is 11.8. The molecule has 1 aliphatic heterocycles. The number of unbranched alkanes of at least 4 members (excludes halogenated alkanes) is 1. The van der Waals surface area contributed by atoms with Crippen LogP contribution >= 0.6 is 0 Å². The monoisotopic (exact) mass is 405 g/mol. The van der Waals surface area contributed by atoms with Crippen molar-refractivity contribution in [1.82, 2.24) is 15.1 Å². The Morgan fingerprint density at radius 1 is 0.966 bits per heavy atom. The average molecular weight is 406 g/mol. The van der Waals surface area contributed by atoms with Crippen molar-refractivity contribution in [1.29, 1.82) is 0 Å². The van der Waals surface area contributed by atoms with Crippen LogP contribution in [0, 0.1) is 23.2 Å². The first-order valence-electron chi connectivity index (χ1n) is 11.8. The van der Waals surface area contributed by atoms with E-state index in [1.807, 2.05) is 4.90 Å². The summed E-state index contributed by atoms with van der Waals surface area (Å²) in [7, 11) is 1.57. The molecule has 1 heterocycles. The second-order valence-electron chi connectivity index (χ2n) is 10.3. The van der Waals surface area contributed by atoms with Crippen molar-refractivity contribution in [3.63, 3.8) is 0 Å². The lowest BCUT2D eigenvalue weighted by Gasteiger charge is -2.56. The maximum absolute atomic E-state index is 12.6. The van der Waals surface area contributed by atoms with Crippen LogP contribution in [-0.4, -0.2) is 74.6 Å². The molecule has 0 aromatic heterocycles. The topological polar surface area (TPSA) is 61.9 Å². The Hall–Kier alpha value is -1.14. The SMILES string of the molecule is COCC(=O)N1CCN(CCCCNC(=O)CC23CC4CC(CC(C4)C2)C3)CC1. The summed E-state index contributed by atoms with van der Waals surface area (Å²) in [6.07, 6.45) is 11.2. The van der Waals surface area contributed by atoms with Crippen molar-refractivity contribution in [2.24, 2.45) is 23.2 Å². The molecule has 4 aliphatic carbocycles. The molecule has 0 spiro atoms. The van der Waals surface area contributed by atoms with Gasteiger partial charge in [-0.3, -0.25) is 14.5 Å². The van der Waals surface area contributed by atoms with Crippen LogP contribution in [0.5, 0.6) is 0 Å². The molecule has 4 bridgehead atoms. The predicted octanol–water partition coefficient (Wildman–Crippen LogP) is 2.28. The lowest BCUT2D eigenvalue weighted by Crippen LogP contribution is -2.49. The van der Waals surface area contributed by atoms with Crippen molar-refractivity contribution in [2.45, 2.75) is 57.8 Å². The highest BCUT2D eigenvalue weighted by Gasteiger charge is 2.51. The van der Waals surface area contributed by atoms with Crippen molar-refractivity contribution in [3.05, 3.63) is 0 Å². The number of hydrogen-bond acceptors (Lipinski definition) is 4. The van der Waals surface area contributed by atoms with E-state index < -0.39 is 0 Å². The van der Waals surface area contributed by atoms with Crippen molar-refractivity contribution >= 4 is 11.8 Å². The second kappa shape index (κ2) is 9.34. The molecule has 29 heavy (non-hydrogen) atoms. The maximum atomic E-state index is 12.6. The average Bonchev–Trinajstić information content (AvgIpc) is 2.67. The standard InChI is InChI=1S/C23H39N3O3/c1-29-17-22(28)26-8-6-25(7-9-26)5-3-2-4-24-21(27)16-23-13-18-10-19(14-23)12-20(11-18)15-23/h18-20H,2-17H2,1H3,(H,24,27). The molecule has 5 rings (SSSR count). The van der Waals surface area contributed by atoms with E-state index in [0.29, 0.717) is 5.41 Å². The first-order chi connectivity index (χ1) is 14.0. The fraction of sp³-hybridized carbons (Fsp3) is 0.913. The van der Waals surface area contributed by atoms with Crippen LogP contribution in [0.4, 0.5) is 0 Å². The fourth-order valence-corrected chi connectivity index (χ4v) is 7.03. The number of nitrogens with one attached hydrogen (secondary N) is 1. The number of amides is 2. The summed E-state index contributed by atoms with van der Waals surface area (Å²) in [6.45, 7) is 5.51. The van der Waals surface area contributed by atoms with E-state index in [4.69, 9.17) is 4.74 Å². The number of piperazine rings is 1. The molecule has 6 heteroatoms. The molecule has 6 nitrogen and oxygen atoms in total. The summed E-state index contributed by atoms with van der Waals surface area (Å²) in [6, 6.07) is 0. The van der Waals surface area contributed by atoms with Crippen molar-refractivity contribution in [3.8, 4) is 0 Å². The van der Waals surface area contributed by atoms with E-state index in [1.165, 1.54) is 38.5 Å². The molecular formula is C23H39N3O3. The third-order valence-electron chi connectivity index (χ3n) is 7.92. The molecule has 0 radical (unpaired) electrons. The molecule has 2 amide bonds. The van der Waals surface area contributed by atoms with Gasteiger partial charge in [0, 0.05) is 46.3 Å². The Kier molecular flexibility index (Phi) is 6.80. The highest BCUT2D eigenvalue weighted by molar-refractivity contribution is 5.77. The molecule has 5 fully saturated rings. The number of ether oxygens (including phenoxy) is 1. The van der Waals surface area contributed by atoms with Gasteiger partial charge in [0.05, 0.1) is 0 Å². The summed E-state index contributed by atoms with van der Waals surface area (Å²) in [4.78, 5) is 28.7. The van der Waals surface area contributed by atoms with Gasteiger partial charge < -0.3 is 15.0 Å². The predicted molar refractivity (Wildman–Crippen MR) is 112 cm³/mol. The van der Waals surface area contributed by atoms with Gasteiger partial charge in [0.1, 0.15) is 6.61 Å². The number of carbonyl (C=O) groups excluding carboxylic acids is 2. The minimum absolute atomic E-state index is 0.0916. The largest absolute Gasteiger partial charge is 0.375 e. The Morgan fingerprint density at radius 2 is 1.59 bits per heavy atom. The zero-order valence-corrected chi connectivity index (χ0v) is 18.2. The van der Waals surface area contributed by atoms with Gasteiger partial charge in [-0.15, -0.1) is 0 Å². The minimum Gasteiger partial charge on any atom is -0.375 e. The third-order valence-corrected chi connectivity index (χ3v) is 7.92. The minimum atomic E-state index is 0.0916. The molecule has 5 aliphatic rings. The van der Waals surface area contributed by atoms with Gasteiger partial charge in [-0.05, 0) is 81.1 Å². The number of carbonyl (C=O) groups is 2. The van der Waals surface area contributed by atoms with E-state index in [0.717, 1.165) is 76.3 Å². The smallest absolute Gasteiger partial charge is 0.248 e. The van der Waals surface area contributed by atoms with Crippen LogP contribution in [0.2, 0.25) is 0 Å². The third kappa shape index (κ3) is 5.32. The summed E-state index contributed by atoms with van der Waals surface area (Å²) < 4.78 is 4.93. The van der Waals surface area contributed by atoms with Crippen LogP contribution in [0.15, 0.2) is 0 Å². The lowest BCUT2D eigenvalue weighted by molar-refractivity contribution is -0.136. The highest BCUT2D eigenvalue weighted by Crippen LogP contribution is 2.61. The van der Waals surface area contributed by atoms with Gasteiger partial charge in [-0.1, -0.05) is 0 Å². The van der Waals surface area contributed by atoms with Crippen LogP contribution in [0.3, 0.4) is 0 Å². The normalized spacial score (nSPS) is 33.8. The molecule has 164 valence electrons. The fourth-order valence-electron chi connectivity index (χ4n) is 7.03.